The summed E-state index contributed by atoms with van der Waals surface area (Å²) in [5, 5.41) is 8.83. The third-order valence-electron chi connectivity index (χ3n) is 1.88. The quantitative estimate of drug-likeness (QED) is 0.773. The molecule has 0 spiro atoms. The number of hydrogen-bond donors (Lipinski definition) is 2. The molecule has 0 aliphatic rings. The molecule has 0 radical (unpaired) electrons. The van der Waals surface area contributed by atoms with Gasteiger partial charge in [0.05, 0.1) is 6.04 Å². The van der Waals surface area contributed by atoms with Crippen LogP contribution in [-0.4, -0.2) is 10.2 Å². The monoisotopic (exact) mass is 206 g/mol. The van der Waals surface area contributed by atoms with Gasteiger partial charge in [-0.3, -0.25) is 0 Å². The van der Waals surface area contributed by atoms with Gasteiger partial charge in [-0.05, 0) is 5.56 Å². The van der Waals surface area contributed by atoms with Gasteiger partial charge in [0.2, 0.25) is 5.13 Å². The van der Waals surface area contributed by atoms with Crippen molar-refractivity contribution in [2.24, 2.45) is 5.73 Å². The SMILES string of the molecule is Nc1nnc(C(N)c2ccccc2)s1. The van der Waals surface area contributed by atoms with E-state index >= 15 is 0 Å². The zero-order chi connectivity index (χ0) is 9.97. The van der Waals surface area contributed by atoms with Crippen LogP contribution in [0.25, 0.3) is 0 Å². The van der Waals surface area contributed by atoms with E-state index in [1.165, 1.54) is 11.3 Å². The molecule has 0 aliphatic heterocycles. The number of nitrogens with zero attached hydrogens (tertiary/aromatic N) is 2. The van der Waals surface area contributed by atoms with Crippen LogP contribution in [-0.2, 0) is 0 Å². The van der Waals surface area contributed by atoms with Crippen LogP contribution in [0.15, 0.2) is 30.3 Å². The van der Waals surface area contributed by atoms with Gasteiger partial charge in [0.15, 0.2) is 0 Å². The number of nitrogen functional groups attached to an aromatic ring is 1. The van der Waals surface area contributed by atoms with Crippen molar-refractivity contribution in [1.82, 2.24) is 10.2 Å². The molecule has 72 valence electrons. The Labute approximate surface area is 85.6 Å². The molecule has 0 saturated heterocycles. The lowest BCUT2D eigenvalue weighted by molar-refractivity contribution is 0.831. The fourth-order valence-corrected chi connectivity index (χ4v) is 1.82. The molecule has 1 aromatic carbocycles. The zero-order valence-corrected chi connectivity index (χ0v) is 8.24. The minimum absolute atomic E-state index is 0.231. The lowest BCUT2D eigenvalue weighted by Gasteiger charge is -2.06. The first-order valence-electron chi connectivity index (χ1n) is 4.17. The summed E-state index contributed by atoms with van der Waals surface area (Å²) < 4.78 is 0. The Morgan fingerprint density at radius 2 is 1.86 bits per heavy atom. The van der Waals surface area contributed by atoms with E-state index in [1.54, 1.807) is 0 Å². The van der Waals surface area contributed by atoms with Gasteiger partial charge in [0, 0.05) is 0 Å². The summed E-state index contributed by atoms with van der Waals surface area (Å²) in [6, 6.07) is 9.53. The van der Waals surface area contributed by atoms with Gasteiger partial charge in [0.25, 0.3) is 0 Å². The highest BCUT2D eigenvalue weighted by atomic mass is 32.1. The van der Waals surface area contributed by atoms with Gasteiger partial charge >= 0.3 is 0 Å². The Hall–Kier alpha value is -1.46. The Bertz CT molecular complexity index is 412. The van der Waals surface area contributed by atoms with E-state index < -0.39 is 0 Å². The maximum atomic E-state index is 5.98. The van der Waals surface area contributed by atoms with Crippen molar-refractivity contribution in [2.45, 2.75) is 6.04 Å². The van der Waals surface area contributed by atoms with Gasteiger partial charge in [-0.1, -0.05) is 41.7 Å². The summed E-state index contributed by atoms with van der Waals surface area (Å²) >= 11 is 1.32. The number of aromatic nitrogens is 2. The van der Waals surface area contributed by atoms with E-state index in [0.717, 1.165) is 10.6 Å². The molecule has 4 N–H and O–H groups in total. The highest BCUT2D eigenvalue weighted by molar-refractivity contribution is 7.15. The largest absolute Gasteiger partial charge is 0.374 e. The number of nitrogens with two attached hydrogens (primary N) is 2. The van der Waals surface area contributed by atoms with Crippen LogP contribution in [0.5, 0.6) is 0 Å². The molecule has 0 fully saturated rings. The predicted molar refractivity (Wildman–Crippen MR) is 56.8 cm³/mol. The first kappa shape index (κ1) is 9.11. The number of hydrogen-bond acceptors (Lipinski definition) is 5. The smallest absolute Gasteiger partial charge is 0.203 e. The van der Waals surface area contributed by atoms with Crippen LogP contribution in [0.2, 0.25) is 0 Å². The third-order valence-corrected chi connectivity index (χ3v) is 2.72. The van der Waals surface area contributed by atoms with E-state index in [9.17, 15) is 0 Å². The van der Waals surface area contributed by atoms with Crippen molar-refractivity contribution >= 4 is 16.5 Å². The van der Waals surface area contributed by atoms with E-state index in [2.05, 4.69) is 10.2 Å². The second-order valence-corrected chi connectivity index (χ2v) is 3.91. The van der Waals surface area contributed by atoms with Crippen LogP contribution >= 0.6 is 11.3 Å². The molecule has 0 aliphatic carbocycles. The predicted octanol–water partition coefficient (Wildman–Crippen LogP) is 1.17. The molecule has 1 heterocycles. The molecule has 1 atom stereocenters. The van der Waals surface area contributed by atoms with Crippen molar-refractivity contribution < 1.29 is 0 Å². The second kappa shape index (κ2) is 3.73. The van der Waals surface area contributed by atoms with Crippen LogP contribution in [0.4, 0.5) is 5.13 Å². The molecule has 0 saturated carbocycles. The Balaban J connectivity index is 2.29. The molecule has 0 bridgehead atoms. The summed E-state index contributed by atoms with van der Waals surface area (Å²) in [6.07, 6.45) is 0. The molecule has 5 heteroatoms. The van der Waals surface area contributed by atoms with E-state index in [0.29, 0.717) is 5.13 Å². The zero-order valence-electron chi connectivity index (χ0n) is 7.42. The van der Waals surface area contributed by atoms with Crippen LogP contribution in [0.3, 0.4) is 0 Å². The second-order valence-electron chi connectivity index (χ2n) is 2.87. The Morgan fingerprint density at radius 1 is 1.14 bits per heavy atom. The summed E-state index contributed by atoms with van der Waals surface area (Å²) in [6.45, 7) is 0. The van der Waals surface area contributed by atoms with E-state index in [-0.39, 0.29) is 6.04 Å². The maximum absolute atomic E-state index is 5.98. The molecule has 14 heavy (non-hydrogen) atoms. The molecule has 0 amide bonds. The topological polar surface area (TPSA) is 77.8 Å². The standard InChI is InChI=1S/C9H10N4S/c10-7(6-4-2-1-3-5-6)8-12-13-9(11)14-8/h1-5,7H,10H2,(H2,11,13). The van der Waals surface area contributed by atoms with E-state index in [4.69, 9.17) is 11.5 Å². The Morgan fingerprint density at radius 3 is 2.43 bits per heavy atom. The summed E-state index contributed by atoms with van der Waals surface area (Å²) in [5.74, 6) is 0. The van der Waals surface area contributed by atoms with Crippen LogP contribution in [0, 0.1) is 0 Å². The maximum Gasteiger partial charge on any atom is 0.203 e. The first-order chi connectivity index (χ1) is 6.77. The van der Waals surface area contributed by atoms with E-state index in [1.807, 2.05) is 30.3 Å². The van der Waals surface area contributed by atoms with Gasteiger partial charge < -0.3 is 11.5 Å². The molecule has 1 aromatic heterocycles. The van der Waals surface area contributed by atoms with Crippen molar-refractivity contribution in [3.8, 4) is 0 Å². The highest BCUT2D eigenvalue weighted by Gasteiger charge is 2.12. The van der Waals surface area contributed by atoms with Gasteiger partial charge in [0.1, 0.15) is 5.01 Å². The normalized spacial score (nSPS) is 12.6. The average molecular weight is 206 g/mol. The minimum atomic E-state index is -0.231. The van der Waals surface area contributed by atoms with Crippen LogP contribution < -0.4 is 11.5 Å². The molecule has 2 aromatic rings. The fourth-order valence-electron chi connectivity index (χ4n) is 1.18. The number of anilines is 1. The first-order valence-corrected chi connectivity index (χ1v) is 4.98. The molecular weight excluding hydrogens is 196 g/mol. The molecule has 4 nitrogen and oxygen atoms in total. The lowest BCUT2D eigenvalue weighted by atomic mass is 10.1. The highest BCUT2D eigenvalue weighted by Crippen LogP contribution is 2.23. The van der Waals surface area contributed by atoms with Crippen molar-refractivity contribution in [1.29, 1.82) is 0 Å². The lowest BCUT2D eigenvalue weighted by Crippen LogP contribution is -2.11. The van der Waals surface area contributed by atoms with Gasteiger partial charge in [-0.15, -0.1) is 10.2 Å². The molecule has 1 unspecified atom stereocenters. The summed E-state index contributed by atoms with van der Waals surface area (Å²) in [4.78, 5) is 0. The average Bonchev–Trinajstić information content (AvgIpc) is 2.65. The molecular formula is C9H10N4S. The van der Waals surface area contributed by atoms with Gasteiger partial charge in [-0.25, -0.2) is 0 Å². The Kier molecular flexibility index (Phi) is 2.43. The van der Waals surface area contributed by atoms with Crippen molar-refractivity contribution in [3.05, 3.63) is 40.9 Å². The number of rotatable bonds is 2. The van der Waals surface area contributed by atoms with Crippen molar-refractivity contribution in [2.75, 3.05) is 5.73 Å². The van der Waals surface area contributed by atoms with Gasteiger partial charge in [-0.2, -0.15) is 0 Å². The fraction of sp³-hybridized carbons (Fsp3) is 0.111. The van der Waals surface area contributed by atoms with Crippen LogP contribution in [0.1, 0.15) is 16.6 Å². The molecule has 2 rings (SSSR count). The number of benzene rings is 1. The third kappa shape index (κ3) is 1.73. The van der Waals surface area contributed by atoms with Crippen molar-refractivity contribution in [3.63, 3.8) is 0 Å². The summed E-state index contributed by atoms with van der Waals surface area (Å²) in [7, 11) is 0. The summed E-state index contributed by atoms with van der Waals surface area (Å²) in [5.41, 5.74) is 12.5. The minimum Gasteiger partial charge on any atom is -0.374 e.